The molecule has 3 heterocycles. The normalized spacial score (nSPS) is 21.6. The van der Waals surface area contributed by atoms with Crippen LogP contribution in [0.1, 0.15) is 55.1 Å². The van der Waals surface area contributed by atoms with Crippen LogP contribution in [0.4, 0.5) is 0 Å². The Balaban J connectivity index is 1.72. The Hall–Kier alpha value is -1.96. The lowest BCUT2D eigenvalue weighted by molar-refractivity contribution is 0.0585. The van der Waals surface area contributed by atoms with Crippen LogP contribution in [0, 0.1) is 5.92 Å². The minimum absolute atomic E-state index is 0.0410. The summed E-state index contributed by atoms with van der Waals surface area (Å²) >= 11 is 0. The van der Waals surface area contributed by atoms with Crippen LogP contribution in [-0.2, 0) is 6.54 Å². The highest BCUT2D eigenvalue weighted by Crippen LogP contribution is 2.18. The number of carbonyl (C=O) groups excluding carboxylic acids is 2. The van der Waals surface area contributed by atoms with E-state index < -0.39 is 0 Å². The Kier molecular flexibility index (Phi) is 5.08. The van der Waals surface area contributed by atoms with Gasteiger partial charge in [-0.15, -0.1) is 5.10 Å². The summed E-state index contributed by atoms with van der Waals surface area (Å²) in [7, 11) is 0. The van der Waals surface area contributed by atoms with Crippen molar-refractivity contribution in [2.75, 3.05) is 26.2 Å². The molecule has 0 unspecified atom stereocenters. The molecule has 2 aliphatic heterocycles. The van der Waals surface area contributed by atoms with E-state index in [1.807, 2.05) is 0 Å². The van der Waals surface area contributed by atoms with E-state index in [4.69, 9.17) is 0 Å². The Bertz CT molecular complexity index is 646. The molecule has 25 heavy (non-hydrogen) atoms. The second-order valence-electron chi connectivity index (χ2n) is 7.69. The van der Waals surface area contributed by atoms with Gasteiger partial charge in [0.05, 0.1) is 6.54 Å². The largest absolute Gasteiger partial charge is 0.346 e. The summed E-state index contributed by atoms with van der Waals surface area (Å²) in [6.07, 6.45) is 0.880. The molecule has 1 N–H and O–H groups in total. The van der Waals surface area contributed by atoms with Gasteiger partial charge >= 0.3 is 0 Å². The van der Waals surface area contributed by atoms with Crippen molar-refractivity contribution < 1.29 is 9.59 Å². The predicted octanol–water partition coefficient (Wildman–Crippen LogP) is 0.602. The number of fused-ring (bicyclic) bond motifs is 1. The lowest BCUT2D eigenvalue weighted by atomic mass is 10.0. The van der Waals surface area contributed by atoms with Gasteiger partial charge in [-0.25, -0.2) is 4.68 Å². The topological polar surface area (TPSA) is 83.4 Å². The quantitative estimate of drug-likeness (QED) is 0.862. The number of hydrogen-bond donors (Lipinski definition) is 1. The summed E-state index contributed by atoms with van der Waals surface area (Å²) in [5.41, 5.74) is 0.481. The third kappa shape index (κ3) is 3.68. The first-order valence-electron chi connectivity index (χ1n) is 9.14. The molecule has 0 bridgehead atoms. The number of nitrogens with zero attached hydrogens (tertiary/aromatic N) is 5. The zero-order valence-electron chi connectivity index (χ0n) is 15.5. The minimum Gasteiger partial charge on any atom is -0.346 e. The van der Waals surface area contributed by atoms with Crippen LogP contribution in [0.3, 0.4) is 0 Å². The number of piperazine rings is 1. The zero-order chi connectivity index (χ0) is 18.1. The minimum atomic E-state index is -0.244. The van der Waals surface area contributed by atoms with Gasteiger partial charge in [0.25, 0.3) is 11.8 Å². The SMILES string of the molecule is CC(C)C[C@H]1Cn2nnc(C(=O)N3CCN(C(C)C)CC3)c2C(=O)N1. The van der Waals surface area contributed by atoms with Crippen molar-refractivity contribution in [3.8, 4) is 0 Å². The summed E-state index contributed by atoms with van der Waals surface area (Å²) in [5.74, 6) is 0.0434. The first kappa shape index (κ1) is 17.8. The van der Waals surface area contributed by atoms with E-state index in [-0.39, 0.29) is 23.6 Å². The van der Waals surface area contributed by atoms with Crippen molar-refractivity contribution in [2.45, 2.75) is 52.7 Å². The molecule has 8 nitrogen and oxygen atoms in total. The van der Waals surface area contributed by atoms with Crippen LogP contribution in [0.25, 0.3) is 0 Å². The maximum absolute atomic E-state index is 12.8. The highest BCUT2D eigenvalue weighted by molar-refractivity contribution is 6.05. The fraction of sp³-hybridized carbons (Fsp3) is 0.765. The molecule has 8 heteroatoms. The number of aromatic nitrogens is 3. The molecule has 1 fully saturated rings. The molecular formula is C17H28N6O2. The summed E-state index contributed by atoms with van der Waals surface area (Å²) in [6.45, 7) is 12.1. The van der Waals surface area contributed by atoms with Gasteiger partial charge in [0, 0.05) is 38.3 Å². The van der Waals surface area contributed by atoms with E-state index in [1.165, 1.54) is 0 Å². The second kappa shape index (κ2) is 7.11. The smallest absolute Gasteiger partial charge is 0.276 e. The fourth-order valence-electron chi connectivity index (χ4n) is 3.61. The molecule has 0 aliphatic carbocycles. The Morgan fingerprint density at radius 2 is 1.88 bits per heavy atom. The van der Waals surface area contributed by atoms with Gasteiger partial charge in [0.1, 0.15) is 0 Å². The molecule has 1 saturated heterocycles. The molecule has 1 aromatic heterocycles. The number of carbonyl (C=O) groups is 2. The molecule has 138 valence electrons. The molecule has 1 atom stereocenters. The van der Waals surface area contributed by atoms with Crippen molar-refractivity contribution in [1.82, 2.24) is 30.1 Å². The van der Waals surface area contributed by atoms with Gasteiger partial charge in [0.2, 0.25) is 0 Å². The van der Waals surface area contributed by atoms with E-state index in [9.17, 15) is 9.59 Å². The Morgan fingerprint density at radius 1 is 1.20 bits per heavy atom. The van der Waals surface area contributed by atoms with Crippen LogP contribution in [0.15, 0.2) is 0 Å². The number of amides is 2. The van der Waals surface area contributed by atoms with E-state index >= 15 is 0 Å². The molecular weight excluding hydrogens is 320 g/mol. The maximum Gasteiger partial charge on any atom is 0.276 e. The van der Waals surface area contributed by atoms with Crippen molar-refractivity contribution >= 4 is 11.8 Å². The van der Waals surface area contributed by atoms with Crippen LogP contribution in [-0.4, -0.2) is 74.9 Å². The van der Waals surface area contributed by atoms with Crippen molar-refractivity contribution in [3.05, 3.63) is 11.4 Å². The molecule has 1 aromatic rings. The molecule has 0 spiro atoms. The summed E-state index contributed by atoms with van der Waals surface area (Å²) in [4.78, 5) is 29.4. The van der Waals surface area contributed by atoms with Crippen molar-refractivity contribution in [2.24, 2.45) is 5.92 Å². The Morgan fingerprint density at radius 3 is 2.48 bits per heavy atom. The highest BCUT2D eigenvalue weighted by atomic mass is 16.2. The van der Waals surface area contributed by atoms with Crippen LogP contribution >= 0.6 is 0 Å². The number of hydrogen-bond acceptors (Lipinski definition) is 5. The lowest BCUT2D eigenvalue weighted by Gasteiger charge is -2.36. The predicted molar refractivity (Wildman–Crippen MR) is 93.3 cm³/mol. The average Bonchev–Trinajstić information content (AvgIpc) is 2.98. The first-order valence-corrected chi connectivity index (χ1v) is 9.14. The highest BCUT2D eigenvalue weighted by Gasteiger charge is 2.34. The van der Waals surface area contributed by atoms with Crippen LogP contribution < -0.4 is 5.32 Å². The summed E-state index contributed by atoms with van der Waals surface area (Å²) in [5, 5.41) is 11.1. The van der Waals surface area contributed by atoms with Crippen molar-refractivity contribution in [3.63, 3.8) is 0 Å². The molecule has 2 amide bonds. The molecule has 0 aromatic carbocycles. The van der Waals surface area contributed by atoms with E-state index in [2.05, 4.69) is 48.2 Å². The van der Waals surface area contributed by atoms with Gasteiger partial charge in [0.15, 0.2) is 11.4 Å². The average molecular weight is 348 g/mol. The van der Waals surface area contributed by atoms with Crippen LogP contribution in [0.5, 0.6) is 0 Å². The van der Waals surface area contributed by atoms with E-state index in [0.29, 0.717) is 37.3 Å². The van der Waals surface area contributed by atoms with E-state index in [1.54, 1.807) is 9.58 Å². The monoisotopic (exact) mass is 348 g/mol. The van der Waals surface area contributed by atoms with E-state index in [0.717, 1.165) is 19.5 Å². The molecule has 2 aliphatic rings. The van der Waals surface area contributed by atoms with Gasteiger partial charge < -0.3 is 10.2 Å². The number of nitrogens with one attached hydrogen (secondary N) is 1. The Labute approximate surface area is 148 Å². The third-order valence-corrected chi connectivity index (χ3v) is 4.97. The summed E-state index contributed by atoms with van der Waals surface area (Å²) < 4.78 is 1.59. The van der Waals surface area contributed by atoms with Crippen molar-refractivity contribution in [1.29, 1.82) is 0 Å². The summed E-state index contributed by atoms with van der Waals surface area (Å²) in [6, 6.07) is 0.516. The standard InChI is InChI=1S/C17H28N6O2/c1-11(2)9-13-10-23-15(16(24)18-13)14(19-20-23)17(25)22-7-5-21(6-8-22)12(3)4/h11-13H,5-10H2,1-4H3,(H,18,24)/t13-/m0/s1. The molecule has 0 radical (unpaired) electrons. The van der Waals surface area contributed by atoms with Gasteiger partial charge in [-0.05, 0) is 26.2 Å². The zero-order valence-corrected chi connectivity index (χ0v) is 15.5. The first-order chi connectivity index (χ1) is 11.9. The molecule has 3 rings (SSSR count). The van der Waals surface area contributed by atoms with Gasteiger partial charge in [-0.2, -0.15) is 0 Å². The second-order valence-corrected chi connectivity index (χ2v) is 7.69. The molecule has 0 saturated carbocycles. The van der Waals surface area contributed by atoms with Crippen LogP contribution in [0.2, 0.25) is 0 Å². The fourth-order valence-corrected chi connectivity index (χ4v) is 3.61. The number of rotatable bonds is 4. The lowest BCUT2D eigenvalue weighted by Crippen LogP contribution is -2.51. The van der Waals surface area contributed by atoms with Gasteiger partial charge in [-0.1, -0.05) is 19.1 Å². The maximum atomic E-state index is 12.8. The third-order valence-electron chi connectivity index (χ3n) is 4.97. The van der Waals surface area contributed by atoms with Gasteiger partial charge in [-0.3, -0.25) is 14.5 Å².